The highest BCUT2D eigenvalue weighted by Crippen LogP contribution is 2.24. The van der Waals surface area contributed by atoms with Crippen molar-refractivity contribution in [3.63, 3.8) is 0 Å². The average molecular weight is 483 g/mol. The van der Waals surface area contributed by atoms with Crippen LogP contribution in [0, 0.1) is 0 Å². The number of carbonyl (C=O) groups excluding carboxylic acids is 1. The van der Waals surface area contributed by atoms with Crippen LogP contribution < -0.4 is 10.4 Å². The molecule has 0 unspecified atom stereocenters. The number of pyridine rings is 1. The van der Waals surface area contributed by atoms with Crippen LogP contribution >= 0.6 is 0 Å². The first-order chi connectivity index (χ1) is 15.2. The highest BCUT2D eigenvalue weighted by molar-refractivity contribution is 7.90. The van der Waals surface area contributed by atoms with Gasteiger partial charge in [-0.2, -0.15) is 0 Å². The molecule has 1 amide bonds. The minimum atomic E-state index is -3.58. The van der Waals surface area contributed by atoms with Gasteiger partial charge in [0, 0.05) is 56.3 Å². The summed E-state index contributed by atoms with van der Waals surface area (Å²) in [6.45, 7) is 15.4. The maximum Gasteiger partial charge on any atom is 0.495 e. The van der Waals surface area contributed by atoms with Crippen LogP contribution in [0.3, 0.4) is 0 Å². The second-order valence-electron chi connectivity index (χ2n) is 9.84. The van der Waals surface area contributed by atoms with Gasteiger partial charge in [-0.15, -0.1) is 0 Å². The number of carbonyl (C=O) groups is 1. The lowest BCUT2D eigenvalue weighted by Gasteiger charge is -2.36. The molecular weight excluding hydrogens is 445 g/mol. The molecule has 186 valence electrons. The molecule has 2 rings (SSSR count). The highest BCUT2D eigenvalue weighted by Gasteiger charge is 2.33. The van der Waals surface area contributed by atoms with Crippen molar-refractivity contribution in [1.29, 1.82) is 0 Å². The van der Waals surface area contributed by atoms with Crippen LogP contribution in [0.1, 0.15) is 54.9 Å². The average Bonchev–Trinajstić information content (AvgIpc) is 2.71. The predicted octanol–water partition coefficient (Wildman–Crippen LogP) is 2.48. The summed E-state index contributed by atoms with van der Waals surface area (Å²) in [5.41, 5.74) is -0.461. The third-order valence-electron chi connectivity index (χ3n) is 5.35. The van der Waals surface area contributed by atoms with Gasteiger partial charge in [0.25, 0.3) is 0 Å². The molecule has 9 nitrogen and oxygen atoms in total. The summed E-state index contributed by atoms with van der Waals surface area (Å²) in [6.07, 6.45) is 3.17. The molecule has 0 radical (unpaired) electrons. The molecule has 0 N–H and O–H groups in total. The standard InChI is InChI=1S/C22H38BN3O6S/c1-9-22(6,7)32-23(30-10-2)17-15-18(33(8,28)29)19(24-16-17)25-11-13-26(14-12-25)20(27)31-21(3,4)5/h15-16H,9-14H2,1-8H3. The first-order valence-electron chi connectivity index (χ1n) is 11.4. The molecule has 0 aliphatic carbocycles. The van der Waals surface area contributed by atoms with E-state index >= 15 is 0 Å². The number of piperazine rings is 1. The number of nitrogens with zero attached hydrogens (tertiary/aromatic N) is 3. The number of hydrogen-bond donors (Lipinski definition) is 0. The van der Waals surface area contributed by atoms with Crippen molar-refractivity contribution in [2.24, 2.45) is 0 Å². The van der Waals surface area contributed by atoms with Gasteiger partial charge in [0.1, 0.15) is 16.3 Å². The molecule has 1 aliphatic heterocycles. The second kappa shape index (κ2) is 10.6. The Kier molecular flexibility index (Phi) is 8.81. The zero-order valence-electron chi connectivity index (χ0n) is 21.2. The molecular formula is C22H38BN3O6S. The molecule has 0 saturated carbocycles. The van der Waals surface area contributed by atoms with Crippen molar-refractivity contribution >= 4 is 34.3 Å². The van der Waals surface area contributed by atoms with Gasteiger partial charge >= 0.3 is 13.2 Å². The quantitative estimate of drug-likeness (QED) is 0.521. The lowest BCUT2D eigenvalue weighted by atomic mass is 9.78. The van der Waals surface area contributed by atoms with Gasteiger partial charge in [-0.05, 0) is 54.0 Å². The van der Waals surface area contributed by atoms with E-state index in [1.807, 2.05) is 53.4 Å². The first-order valence-corrected chi connectivity index (χ1v) is 13.3. The topological polar surface area (TPSA) is 98.3 Å². The summed E-state index contributed by atoms with van der Waals surface area (Å²) in [7, 11) is -4.30. The van der Waals surface area contributed by atoms with Gasteiger partial charge in [0.15, 0.2) is 9.84 Å². The van der Waals surface area contributed by atoms with Gasteiger partial charge in [0.2, 0.25) is 0 Å². The zero-order chi connectivity index (χ0) is 25.0. The monoisotopic (exact) mass is 483 g/mol. The maximum absolute atomic E-state index is 12.7. The van der Waals surface area contributed by atoms with E-state index in [2.05, 4.69) is 4.98 Å². The Bertz CT molecular complexity index is 925. The summed E-state index contributed by atoms with van der Waals surface area (Å²) >= 11 is 0. The van der Waals surface area contributed by atoms with E-state index in [4.69, 9.17) is 14.0 Å². The van der Waals surface area contributed by atoms with Gasteiger partial charge < -0.3 is 23.8 Å². The second-order valence-corrected chi connectivity index (χ2v) is 11.8. The highest BCUT2D eigenvalue weighted by atomic mass is 32.2. The Hall–Kier alpha value is -1.85. The Morgan fingerprint density at radius 1 is 1.12 bits per heavy atom. The van der Waals surface area contributed by atoms with Crippen molar-refractivity contribution < 1.29 is 27.3 Å². The van der Waals surface area contributed by atoms with Crippen LogP contribution in [-0.4, -0.2) is 81.8 Å². The van der Waals surface area contributed by atoms with Gasteiger partial charge in [-0.1, -0.05) is 6.92 Å². The molecule has 0 bridgehead atoms. The van der Waals surface area contributed by atoms with Gasteiger partial charge in [-0.3, -0.25) is 0 Å². The third kappa shape index (κ3) is 7.86. The van der Waals surface area contributed by atoms with Crippen LogP contribution in [0.4, 0.5) is 10.6 Å². The van der Waals surface area contributed by atoms with Crippen LogP contribution in [0.5, 0.6) is 0 Å². The summed E-state index contributed by atoms with van der Waals surface area (Å²) in [6, 6.07) is 1.59. The normalized spacial score (nSPS) is 15.5. The molecule has 1 aromatic heterocycles. The smallest absolute Gasteiger partial charge is 0.444 e. The fraction of sp³-hybridized carbons (Fsp3) is 0.727. The predicted molar refractivity (Wildman–Crippen MR) is 130 cm³/mol. The summed E-state index contributed by atoms with van der Waals surface area (Å²) in [5, 5.41) is 0. The van der Waals surface area contributed by atoms with Crippen molar-refractivity contribution in [3.05, 3.63) is 12.3 Å². The summed E-state index contributed by atoms with van der Waals surface area (Å²) < 4.78 is 42.7. The SMILES string of the molecule is CCOB(OC(C)(C)CC)c1cnc(N2CCN(C(=O)OC(C)(C)C)CC2)c(S(C)(=O)=O)c1. The fourth-order valence-electron chi connectivity index (χ4n) is 3.24. The minimum Gasteiger partial charge on any atom is -0.444 e. The number of rotatable bonds is 8. The molecule has 0 spiro atoms. The van der Waals surface area contributed by atoms with E-state index in [-0.39, 0.29) is 11.0 Å². The summed E-state index contributed by atoms with van der Waals surface area (Å²) in [4.78, 5) is 20.5. The Morgan fingerprint density at radius 2 is 1.73 bits per heavy atom. The first kappa shape index (κ1) is 27.4. The zero-order valence-corrected chi connectivity index (χ0v) is 22.0. The van der Waals surface area contributed by atoms with E-state index in [0.717, 1.165) is 6.42 Å². The van der Waals surface area contributed by atoms with E-state index in [1.54, 1.807) is 17.2 Å². The third-order valence-corrected chi connectivity index (χ3v) is 6.45. The number of hydrogen-bond acceptors (Lipinski definition) is 8. The lowest BCUT2D eigenvalue weighted by molar-refractivity contribution is 0.0240. The number of anilines is 1. The number of ether oxygens (including phenoxy) is 1. The molecule has 1 aliphatic rings. The van der Waals surface area contributed by atoms with Crippen molar-refractivity contribution in [3.8, 4) is 0 Å². The van der Waals surface area contributed by atoms with E-state index < -0.39 is 28.2 Å². The Balaban J connectivity index is 2.28. The van der Waals surface area contributed by atoms with Crippen molar-refractivity contribution in [2.75, 3.05) is 43.9 Å². The number of aromatic nitrogens is 1. The van der Waals surface area contributed by atoms with Crippen LogP contribution in [0.25, 0.3) is 0 Å². The van der Waals surface area contributed by atoms with Gasteiger partial charge in [0.05, 0.1) is 0 Å². The van der Waals surface area contributed by atoms with Crippen LogP contribution in [0.15, 0.2) is 17.2 Å². The maximum atomic E-state index is 12.7. The molecule has 1 aromatic rings. The van der Waals surface area contributed by atoms with E-state index in [1.165, 1.54) is 6.26 Å². The number of amides is 1. The molecule has 33 heavy (non-hydrogen) atoms. The molecule has 0 aromatic carbocycles. The van der Waals surface area contributed by atoms with E-state index in [9.17, 15) is 13.2 Å². The largest absolute Gasteiger partial charge is 0.495 e. The molecule has 11 heteroatoms. The van der Waals surface area contributed by atoms with Crippen molar-refractivity contribution in [2.45, 2.75) is 71.0 Å². The minimum absolute atomic E-state index is 0.119. The van der Waals surface area contributed by atoms with E-state index in [0.29, 0.717) is 44.1 Å². The molecule has 0 atom stereocenters. The lowest BCUT2D eigenvalue weighted by Crippen LogP contribution is -2.50. The van der Waals surface area contributed by atoms with Crippen LogP contribution in [-0.2, 0) is 23.9 Å². The molecule has 2 heterocycles. The van der Waals surface area contributed by atoms with Gasteiger partial charge in [-0.25, -0.2) is 18.2 Å². The molecule has 1 fully saturated rings. The summed E-state index contributed by atoms with van der Waals surface area (Å²) in [5.74, 6) is 0.370. The number of sulfone groups is 1. The molecule has 1 saturated heterocycles. The van der Waals surface area contributed by atoms with Crippen LogP contribution in [0.2, 0.25) is 0 Å². The fourth-order valence-corrected chi connectivity index (χ4v) is 4.11. The Labute approximate surface area is 198 Å². The van der Waals surface area contributed by atoms with Crippen molar-refractivity contribution in [1.82, 2.24) is 9.88 Å². The Morgan fingerprint density at radius 3 is 2.21 bits per heavy atom.